The Morgan fingerprint density at radius 1 is 1.31 bits per heavy atom. The number of aromatic amines is 1. The summed E-state index contributed by atoms with van der Waals surface area (Å²) in [6, 6.07) is 1.40. The van der Waals surface area contributed by atoms with Crippen molar-refractivity contribution in [3.63, 3.8) is 0 Å². The first kappa shape index (κ1) is 22.9. The molecule has 0 unspecified atom stereocenters. The Kier molecular flexibility index (Phi) is 6.42. The molecular weight excluding hydrogens is 417 g/mol. The summed E-state index contributed by atoms with van der Waals surface area (Å²) < 4.78 is 64.0. The average Bonchev–Trinajstić information content (AvgIpc) is 3.21. The van der Waals surface area contributed by atoms with E-state index in [1.54, 1.807) is 12.4 Å². The van der Waals surface area contributed by atoms with Gasteiger partial charge >= 0.3 is 12.1 Å². The Morgan fingerprint density at radius 2 is 1.90 bits per heavy atom. The topological polar surface area (TPSA) is 138 Å². The second-order valence-electron chi connectivity index (χ2n) is 7.55. The summed E-state index contributed by atoms with van der Waals surface area (Å²) in [7, 11) is -3.66. The van der Waals surface area contributed by atoms with E-state index in [2.05, 4.69) is 19.8 Å². The number of nitrogens with zero attached hydrogens (tertiary/aromatic N) is 2. The number of aliphatic carboxylic acids is 1. The molecule has 1 fully saturated rings. The normalized spacial score (nSPS) is 19.8. The summed E-state index contributed by atoms with van der Waals surface area (Å²) in [6.07, 6.45) is -0.148. The third kappa shape index (κ3) is 6.03. The Labute approximate surface area is 164 Å². The van der Waals surface area contributed by atoms with Crippen LogP contribution in [0.5, 0.6) is 0 Å². The molecule has 1 aliphatic rings. The minimum Gasteiger partial charge on any atom is -0.475 e. The van der Waals surface area contributed by atoms with Gasteiger partial charge < -0.3 is 14.6 Å². The number of H-pyrrole nitrogens is 1. The van der Waals surface area contributed by atoms with Crippen LogP contribution >= 0.6 is 0 Å². The molecule has 0 bridgehead atoms. The van der Waals surface area contributed by atoms with E-state index in [0.29, 0.717) is 5.69 Å². The molecule has 2 aromatic rings. The number of halogens is 3. The van der Waals surface area contributed by atoms with E-state index in [1.165, 1.54) is 6.07 Å². The van der Waals surface area contributed by atoms with Gasteiger partial charge in [-0.25, -0.2) is 22.9 Å². The van der Waals surface area contributed by atoms with Crippen LogP contribution in [0.25, 0.3) is 0 Å². The highest BCUT2D eigenvalue weighted by molar-refractivity contribution is 7.89. The summed E-state index contributed by atoms with van der Waals surface area (Å²) in [5.74, 6) is -1.57. The quantitative estimate of drug-likeness (QED) is 0.667. The predicted octanol–water partition coefficient (Wildman–Crippen LogP) is 2.55. The molecular formula is C16H21F3N4O5S. The van der Waals surface area contributed by atoms with Crippen LogP contribution in [0.2, 0.25) is 0 Å². The number of hydrogen-bond donors (Lipinski definition) is 3. The molecule has 162 valence electrons. The summed E-state index contributed by atoms with van der Waals surface area (Å²) in [5.41, 5.74) is 0.368. The van der Waals surface area contributed by atoms with Gasteiger partial charge in [-0.1, -0.05) is 25.9 Å². The van der Waals surface area contributed by atoms with E-state index < -0.39 is 22.2 Å². The van der Waals surface area contributed by atoms with Crippen LogP contribution in [0, 0.1) is 0 Å². The molecule has 0 atom stereocenters. The van der Waals surface area contributed by atoms with Crippen molar-refractivity contribution in [3.05, 3.63) is 30.0 Å². The van der Waals surface area contributed by atoms with Gasteiger partial charge in [0.2, 0.25) is 0 Å². The molecule has 0 amide bonds. The van der Waals surface area contributed by atoms with Gasteiger partial charge in [0.25, 0.3) is 15.1 Å². The van der Waals surface area contributed by atoms with E-state index in [9.17, 15) is 21.6 Å². The van der Waals surface area contributed by atoms with Crippen molar-refractivity contribution < 1.29 is 36.0 Å². The Morgan fingerprint density at radius 3 is 2.31 bits per heavy atom. The number of carboxylic acids is 1. The Balaban J connectivity index is 0.000000370. The number of hydrogen-bond acceptors (Lipinski definition) is 6. The third-order valence-electron chi connectivity index (χ3n) is 4.13. The fourth-order valence-corrected chi connectivity index (χ4v) is 3.60. The lowest BCUT2D eigenvalue weighted by Gasteiger charge is -2.33. The zero-order chi connectivity index (χ0) is 22.0. The number of imidazole rings is 1. The van der Waals surface area contributed by atoms with Crippen molar-refractivity contribution in [3.8, 4) is 0 Å². The molecule has 0 radical (unpaired) electrons. The van der Waals surface area contributed by atoms with Crippen LogP contribution < -0.4 is 4.72 Å². The maximum atomic E-state index is 12.3. The first-order valence-electron chi connectivity index (χ1n) is 8.49. The van der Waals surface area contributed by atoms with E-state index >= 15 is 0 Å². The van der Waals surface area contributed by atoms with Crippen molar-refractivity contribution in [1.82, 2.24) is 19.8 Å². The van der Waals surface area contributed by atoms with E-state index in [1.807, 2.05) is 20.8 Å². The zero-order valence-electron chi connectivity index (χ0n) is 15.8. The molecule has 0 aromatic carbocycles. The number of carboxylic acid groups (broad SMARTS) is 1. The molecule has 3 rings (SSSR count). The van der Waals surface area contributed by atoms with Gasteiger partial charge in [-0.15, -0.1) is 0 Å². The molecule has 3 N–H and O–H groups in total. The van der Waals surface area contributed by atoms with Crippen molar-refractivity contribution in [2.75, 3.05) is 0 Å². The molecule has 0 saturated heterocycles. The lowest BCUT2D eigenvalue weighted by Crippen LogP contribution is -2.43. The van der Waals surface area contributed by atoms with Gasteiger partial charge in [0.05, 0.1) is 5.69 Å². The molecule has 29 heavy (non-hydrogen) atoms. The average molecular weight is 438 g/mol. The molecule has 2 heterocycles. The highest BCUT2D eigenvalue weighted by Gasteiger charge is 2.38. The van der Waals surface area contributed by atoms with E-state index in [4.69, 9.17) is 14.4 Å². The molecule has 0 aliphatic heterocycles. The van der Waals surface area contributed by atoms with E-state index in [-0.39, 0.29) is 22.5 Å². The van der Waals surface area contributed by atoms with Gasteiger partial charge in [0, 0.05) is 35.8 Å². The van der Waals surface area contributed by atoms with Gasteiger partial charge in [-0.2, -0.15) is 13.2 Å². The Bertz CT molecular complexity index is 927. The first-order valence-corrected chi connectivity index (χ1v) is 9.97. The maximum Gasteiger partial charge on any atom is 0.490 e. The summed E-state index contributed by atoms with van der Waals surface area (Å²) in [6.45, 7) is 5.86. The van der Waals surface area contributed by atoms with Crippen LogP contribution in [-0.2, 0) is 20.2 Å². The lowest BCUT2D eigenvalue weighted by atomic mass is 9.80. The molecule has 1 saturated carbocycles. The van der Waals surface area contributed by atoms with E-state index in [0.717, 1.165) is 18.7 Å². The number of sulfonamides is 1. The molecule has 0 spiro atoms. The van der Waals surface area contributed by atoms with Crippen LogP contribution in [-0.4, -0.2) is 46.8 Å². The number of nitrogens with one attached hydrogen (secondary N) is 2. The standard InChI is InChI=1S/C14H20N4O3S.C2HF3O2/c1-14(2,3)11-8-12(21-17-11)22(19,20)18-10-6-9(7-10)13-15-4-5-16-13;3-2(4,5)1(6)7/h4-5,8-10,18H,6-7H2,1-3H3,(H,15,16);(H,6,7). The SMILES string of the molecule is CC(C)(C)c1cc(S(=O)(=O)NC2CC(c3ncc[nH]3)C2)on1.O=C(O)C(F)(F)F. The molecule has 13 heteroatoms. The Hall–Kier alpha value is -2.41. The summed E-state index contributed by atoms with van der Waals surface area (Å²) in [5, 5.41) is 10.9. The van der Waals surface area contributed by atoms with Crippen molar-refractivity contribution >= 4 is 16.0 Å². The van der Waals surface area contributed by atoms with Gasteiger partial charge in [0.1, 0.15) is 5.82 Å². The van der Waals surface area contributed by atoms with Crippen LogP contribution in [0.1, 0.15) is 51.0 Å². The fourth-order valence-electron chi connectivity index (χ4n) is 2.45. The molecule has 9 nitrogen and oxygen atoms in total. The predicted molar refractivity (Wildman–Crippen MR) is 93.6 cm³/mol. The van der Waals surface area contributed by atoms with Crippen molar-refractivity contribution in [2.24, 2.45) is 0 Å². The van der Waals surface area contributed by atoms with Crippen molar-refractivity contribution in [2.45, 2.75) is 62.3 Å². The number of rotatable bonds is 4. The second kappa shape index (κ2) is 8.14. The number of carbonyl (C=O) groups is 1. The third-order valence-corrected chi connectivity index (χ3v) is 5.50. The van der Waals surface area contributed by atoms with Crippen LogP contribution in [0.4, 0.5) is 13.2 Å². The van der Waals surface area contributed by atoms with Gasteiger partial charge in [-0.05, 0) is 12.8 Å². The second-order valence-corrected chi connectivity index (χ2v) is 9.19. The van der Waals surface area contributed by atoms with Gasteiger partial charge in [0.15, 0.2) is 0 Å². The minimum atomic E-state index is -5.08. The van der Waals surface area contributed by atoms with Crippen LogP contribution in [0.3, 0.4) is 0 Å². The number of aromatic nitrogens is 3. The fraction of sp³-hybridized carbons (Fsp3) is 0.562. The zero-order valence-corrected chi connectivity index (χ0v) is 16.6. The lowest BCUT2D eigenvalue weighted by molar-refractivity contribution is -0.192. The van der Waals surface area contributed by atoms with Gasteiger partial charge in [-0.3, -0.25) is 0 Å². The first-order chi connectivity index (χ1) is 13.2. The van der Waals surface area contributed by atoms with Crippen LogP contribution in [0.15, 0.2) is 28.1 Å². The monoisotopic (exact) mass is 438 g/mol. The largest absolute Gasteiger partial charge is 0.490 e. The maximum absolute atomic E-state index is 12.3. The summed E-state index contributed by atoms with van der Waals surface area (Å²) >= 11 is 0. The number of alkyl halides is 3. The highest BCUT2D eigenvalue weighted by Crippen LogP contribution is 2.35. The molecule has 2 aromatic heterocycles. The molecule has 1 aliphatic carbocycles. The summed E-state index contributed by atoms with van der Waals surface area (Å²) in [4.78, 5) is 16.1. The minimum absolute atomic E-state index is 0.0942. The highest BCUT2D eigenvalue weighted by atomic mass is 32.2. The smallest absolute Gasteiger partial charge is 0.475 e. The van der Waals surface area contributed by atoms with Crippen molar-refractivity contribution in [1.29, 1.82) is 0 Å².